The van der Waals surface area contributed by atoms with E-state index in [9.17, 15) is 4.79 Å². The third-order valence-electron chi connectivity index (χ3n) is 2.11. The Bertz CT molecular complexity index is 338. The van der Waals surface area contributed by atoms with E-state index < -0.39 is 0 Å². The first kappa shape index (κ1) is 13.3. The van der Waals surface area contributed by atoms with Gasteiger partial charge in [-0.2, -0.15) is 0 Å². The molecular weight excluding hydrogens is 274 g/mol. The molecule has 90 valence electrons. The fourth-order valence-corrected chi connectivity index (χ4v) is 1.60. The van der Waals surface area contributed by atoms with Crippen molar-refractivity contribution in [2.24, 2.45) is 0 Å². The van der Waals surface area contributed by atoms with Crippen molar-refractivity contribution < 1.29 is 13.9 Å². The number of rotatable bonds is 6. The second kappa shape index (κ2) is 6.70. The number of hydrogen-bond acceptors (Lipinski definition) is 4. The van der Waals surface area contributed by atoms with Crippen molar-refractivity contribution in [2.45, 2.75) is 26.3 Å². The van der Waals surface area contributed by atoms with Crippen molar-refractivity contribution in [3.63, 3.8) is 0 Å². The second-order valence-corrected chi connectivity index (χ2v) is 4.15. The molecule has 1 N–H and O–H groups in total. The molecule has 0 saturated carbocycles. The van der Waals surface area contributed by atoms with Crippen molar-refractivity contribution in [1.82, 2.24) is 5.32 Å². The zero-order valence-electron chi connectivity index (χ0n) is 9.46. The summed E-state index contributed by atoms with van der Waals surface area (Å²) in [7, 11) is 0. The van der Waals surface area contributed by atoms with Gasteiger partial charge in [-0.1, -0.05) is 0 Å². The molecule has 1 aromatic rings. The minimum Gasteiger partial charge on any atom is -0.466 e. The van der Waals surface area contributed by atoms with Gasteiger partial charge in [0.15, 0.2) is 4.67 Å². The normalized spacial score (nSPS) is 12.4. The Morgan fingerprint density at radius 1 is 1.62 bits per heavy atom. The highest BCUT2D eigenvalue weighted by atomic mass is 79.9. The first-order valence-corrected chi connectivity index (χ1v) is 6.07. The van der Waals surface area contributed by atoms with E-state index in [0.29, 0.717) is 24.2 Å². The Labute approximate surface area is 103 Å². The van der Waals surface area contributed by atoms with Crippen LogP contribution < -0.4 is 5.32 Å². The first-order chi connectivity index (χ1) is 7.63. The summed E-state index contributed by atoms with van der Waals surface area (Å²) in [6.07, 6.45) is 0.375. The second-order valence-electron chi connectivity index (χ2n) is 3.37. The molecule has 5 heteroatoms. The van der Waals surface area contributed by atoms with Gasteiger partial charge in [-0.15, -0.1) is 0 Å². The van der Waals surface area contributed by atoms with E-state index in [2.05, 4.69) is 21.2 Å². The van der Waals surface area contributed by atoms with E-state index in [-0.39, 0.29) is 12.0 Å². The predicted molar refractivity (Wildman–Crippen MR) is 64.1 cm³/mol. The summed E-state index contributed by atoms with van der Waals surface area (Å²) in [5, 5.41) is 3.19. The fourth-order valence-electron chi connectivity index (χ4n) is 1.29. The minimum atomic E-state index is -0.178. The average molecular weight is 290 g/mol. The van der Waals surface area contributed by atoms with Gasteiger partial charge >= 0.3 is 5.97 Å². The van der Waals surface area contributed by atoms with Crippen LogP contribution in [0.3, 0.4) is 0 Å². The third kappa shape index (κ3) is 4.37. The van der Waals surface area contributed by atoms with Crippen LogP contribution in [0.15, 0.2) is 21.2 Å². The van der Waals surface area contributed by atoms with Crippen molar-refractivity contribution >= 4 is 21.9 Å². The molecule has 0 radical (unpaired) electrons. The Morgan fingerprint density at radius 2 is 2.38 bits per heavy atom. The van der Waals surface area contributed by atoms with Gasteiger partial charge in [-0.25, -0.2) is 0 Å². The highest BCUT2D eigenvalue weighted by molar-refractivity contribution is 9.10. The highest BCUT2D eigenvalue weighted by Gasteiger charge is 2.09. The van der Waals surface area contributed by atoms with E-state index in [1.165, 1.54) is 0 Å². The molecule has 1 atom stereocenters. The monoisotopic (exact) mass is 289 g/mol. The summed E-state index contributed by atoms with van der Waals surface area (Å²) in [4.78, 5) is 11.1. The molecule has 0 fully saturated rings. The molecule has 1 aromatic heterocycles. The van der Waals surface area contributed by atoms with Gasteiger partial charge in [-0.05, 0) is 41.9 Å². The number of furan rings is 1. The Morgan fingerprint density at radius 3 is 2.94 bits per heavy atom. The number of halogens is 1. The van der Waals surface area contributed by atoms with Gasteiger partial charge in [0.2, 0.25) is 0 Å². The number of esters is 1. The van der Waals surface area contributed by atoms with Crippen LogP contribution in [-0.2, 0) is 9.53 Å². The molecule has 0 aliphatic carbocycles. The quantitative estimate of drug-likeness (QED) is 0.818. The number of carbonyl (C=O) groups excluding carboxylic acids is 1. The molecule has 0 bridgehead atoms. The van der Waals surface area contributed by atoms with Crippen LogP contribution in [0.4, 0.5) is 0 Å². The molecule has 16 heavy (non-hydrogen) atoms. The Kier molecular flexibility index (Phi) is 5.55. The smallest absolute Gasteiger partial charge is 0.307 e. The van der Waals surface area contributed by atoms with Gasteiger partial charge in [0.05, 0.1) is 19.1 Å². The van der Waals surface area contributed by atoms with E-state index in [1.807, 2.05) is 19.1 Å². The van der Waals surface area contributed by atoms with Gasteiger partial charge < -0.3 is 14.5 Å². The Hall–Kier alpha value is -0.810. The number of nitrogens with one attached hydrogen (secondary N) is 1. The number of ether oxygens (including phenoxy) is 1. The lowest BCUT2D eigenvalue weighted by Gasteiger charge is -2.10. The van der Waals surface area contributed by atoms with E-state index in [0.717, 1.165) is 5.76 Å². The van der Waals surface area contributed by atoms with E-state index >= 15 is 0 Å². The summed E-state index contributed by atoms with van der Waals surface area (Å²) in [5.74, 6) is 0.665. The molecule has 0 amide bonds. The minimum absolute atomic E-state index is 0.0840. The molecule has 1 heterocycles. The molecule has 4 nitrogen and oxygen atoms in total. The van der Waals surface area contributed by atoms with Crippen LogP contribution in [0.2, 0.25) is 0 Å². The maximum atomic E-state index is 11.1. The number of carbonyl (C=O) groups is 1. The summed E-state index contributed by atoms with van der Waals surface area (Å²) in [6.45, 7) is 4.79. The van der Waals surface area contributed by atoms with Crippen molar-refractivity contribution in [3.05, 3.63) is 22.6 Å². The molecule has 0 aliphatic heterocycles. The van der Waals surface area contributed by atoms with Gasteiger partial charge in [-0.3, -0.25) is 4.79 Å². The van der Waals surface area contributed by atoms with E-state index in [4.69, 9.17) is 9.15 Å². The van der Waals surface area contributed by atoms with Crippen molar-refractivity contribution in [2.75, 3.05) is 13.2 Å². The summed E-state index contributed by atoms with van der Waals surface area (Å²) in [5.41, 5.74) is 0. The SMILES string of the molecule is CCOC(=O)CCNC(C)c1ccc(Br)o1. The highest BCUT2D eigenvalue weighted by Crippen LogP contribution is 2.19. The third-order valence-corrected chi connectivity index (χ3v) is 2.53. The van der Waals surface area contributed by atoms with Crippen LogP contribution in [0.25, 0.3) is 0 Å². The predicted octanol–water partition coefficient (Wildman–Crippen LogP) is 2.65. The first-order valence-electron chi connectivity index (χ1n) is 5.27. The lowest BCUT2D eigenvalue weighted by atomic mass is 10.2. The van der Waals surface area contributed by atoms with Crippen LogP contribution in [0, 0.1) is 0 Å². The Balaban J connectivity index is 2.25. The molecule has 1 rings (SSSR count). The van der Waals surface area contributed by atoms with Crippen molar-refractivity contribution in [1.29, 1.82) is 0 Å². The van der Waals surface area contributed by atoms with E-state index in [1.54, 1.807) is 6.92 Å². The summed E-state index contributed by atoms with van der Waals surface area (Å²) >= 11 is 3.24. The summed E-state index contributed by atoms with van der Waals surface area (Å²) < 4.78 is 10.9. The standard InChI is InChI=1S/C11H16BrNO3/c1-3-15-11(14)6-7-13-8(2)9-4-5-10(12)16-9/h4-5,8,13H,3,6-7H2,1-2H3. The van der Waals surface area contributed by atoms with Crippen LogP contribution in [0.1, 0.15) is 32.1 Å². The molecular formula is C11H16BrNO3. The van der Waals surface area contributed by atoms with Crippen LogP contribution in [-0.4, -0.2) is 19.1 Å². The maximum absolute atomic E-state index is 11.1. The molecule has 1 unspecified atom stereocenters. The van der Waals surface area contributed by atoms with Crippen LogP contribution >= 0.6 is 15.9 Å². The largest absolute Gasteiger partial charge is 0.466 e. The van der Waals surface area contributed by atoms with Gasteiger partial charge in [0.25, 0.3) is 0 Å². The topological polar surface area (TPSA) is 51.5 Å². The molecule has 0 spiro atoms. The number of hydrogen-bond donors (Lipinski definition) is 1. The average Bonchev–Trinajstić information content (AvgIpc) is 2.65. The lowest BCUT2D eigenvalue weighted by molar-refractivity contribution is -0.143. The summed E-state index contributed by atoms with van der Waals surface area (Å²) in [6, 6.07) is 3.83. The zero-order valence-corrected chi connectivity index (χ0v) is 11.0. The van der Waals surface area contributed by atoms with Crippen LogP contribution in [0.5, 0.6) is 0 Å². The molecule has 0 aliphatic rings. The maximum Gasteiger partial charge on any atom is 0.307 e. The zero-order chi connectivity index (χ0) is 12.0. The molecule has 0 saturated heterocycles. The fraction of sp³-hybridized carbons (Fsp3) is 0.545. The lowest BCUT2D eigenvalue weighted by Crippen LogP contribution is -2.22. The van der Waals surface area contributed by atoms with Gasteiger partial charge in [0.1, 0.15) is 5.76 Å². The van der Waals surface area contributed by atoms with Crippen molar-refractivity contribution in [3.8, 4) is 0 Å². The van der Waals surface area contributed by atoms with Gasteiger partial charge in [0, 0.05) is 6.54 Å². The molecule has 0 aromatic carbocycles.